The highest BCUT2D eigenvalue weighted by Crippen LogP contribution is 2.30. The molecule has 4 rings (SSSR count). The van der Waals surface area contributed by atoms with Gasteiger partial charge in [0.1, 0.15) is 24.0 Å². The van der Waals surface area contributed by atoms with E-state index in [9.17, 15) is 14.4 Å². The molecule has 0 unspecified atom stereocenters. The third kappa shape index (κ3) is 7.45. The van der Waals surface area contributed by atoms with E-state index >= 15 is 0 Å². The van der Waals surface area contributed by atoms with Gasteiger partial charge in [0.15, 0.2) is 0 Å². The Kier molecular flexibility index (Phi) is 8.97. The second-order valence-electron chi connectivity index (χ2n) is 10.5. The molecule has 0 aliphatic rings. The van der Waals surface area contributed by atoms with Crippen LogP contribution in [0.5, 0.6) is 5.75 Å². The fraction of sp³-hybridized carbons (Fsp3) is 0.281. The molecule has 4 aromatic rings. The number of rotatable bonds is 8. The molecule has 0 saturated heterocycles. The van der Waals surface area contributed by atoms with Crippen LogP contribution in [-0.4, -0.2) is 48.6 Å². The number of amides is 1. The number of esters is 1. The number of hydrogen-bond donors (Lipinski definition) is 1. The summed E-state index contributed by atoms with van der Waals surface area (Å²) in [6.45, 7) is 5.41. The summed E-state index contributed by atoms with van der Waals surface area (Å²) >= 11 is 0. The van der Waals surface area contributed by atoms with Gasteiger partial charge >= 0.3 is 18.2 Å². The maximum Gasteiger partial charge on any atom is 0.419 e. The second kappa shape index (κ2) is 12.6. The first kappa shape index (κ1) is 29.2. The predicted octanol–water partition coefficient (Wildman–Crippen LogP) is 6.11. The third-order valence-electron chi connectivity index (χ3n) is 6.32. The lowest BCUT2D eigenvalue weighted by molar-refractivity contribution is -0.143. The van der Waals surface area contributed by atoms with Crippen LogP contribution >= 0.6 is 0 Å². The molecule has 1 amide bonds. The van der Waals surface area contributed by atoms with Gasteiger partial charge in [-0.15, -0.1) is 0 Å². The van der Waals surface area contributed by atoms with Crippen molar-refractivity contribution in [3.05, 3.63) is 90.1 Å². The average molecular weight is 559 g/mol. The molecule has 0 bridgehead atoms. The van der Waals surface area contributed by atoms with Gasteiger partial charge in [-0.2, -0.15) is 0 Å². The summed E-state index contributed by atoms with van der Waals surface area (Å²) in [7, 11) is 2.86. The number of ether oxygens (including phenoxy) is 4. The van der Waals surface area contributed by atoms with E-state index < -0.39 is 29.8 Å². The number of aromatic nitrogens is 1. The third-order valence-corrected chi connectivity index (χ3v) is 6.32. The van der Waals surface area contributed by atoms with E-state index in [1.54, 1.807) is 34.1 Å². The van der Waals surface area contributed by atoms with Crippen molar-refractivity contribution in [2.45, 2.75) is 45.4 Å². The Balaban J connectivity index is 1.67. The molecular weight excluding hydrogens is 524 g/mol. The Bertz CT molecular complexity index is 1520. The molecule has 0 spiro atoms. The Morgan fingerprint density at radius 1 is 0.902 bits per heavy atom. The summed E-state index contributed by atoms with van der Waals surface area (Å²) in [5, 5.41) is 3.33. The topological polar surface area (TPSA) is 105 Å². The van der Waals surface area contributed by atoms with Crippen molar-refractivity contribution in [3.63, 3.8) is 0 Å². The second-order valence-corrected chi connectivity index (χ2v) is 10.5. The summed E-state index contributed by atoms with van der Waals surface area (Å²) in [5.74, 6) is 0.0869. The molecule has 9 nitrogen and oxygen atoms in total. The number of nitrogens with one attached hydrogen (secondary N) is 1. The van der Waals surface area contributed by atoms with Crippen LogP contribution in [0.1, 0.15) is 31.9 Å². The van der Waals surface area contributed by atoms with Gasteiger partial charge in [0.2, 0.25) is 0 Å². The first-order valence-corrected chi connectivity index (χ1v) is 13.1. The zero-order chi connectivity index (χ0) is 29.6. The SMILES string of the molecule is COC(=O)[C@@H](Cc1cn(C(=O)OC(C)(C)C)c2ccc(-c3ccc(OC)cc3)cc12)NC(=O)OCc1ccccc1. The Hall–Kier alpha value is -4.79. The van der Waals surface area contributed by atoms with Crippen molar-refractivity contribution < 1.29 is 33.3 Å². The standard InChI is InChI=1S/C32H34N2O7/c1-32(2,3)41-31(37)34-19-24(26-17-23(13-16-28(26)34)22-11-14-25(38-4)15-12-22)18-27(29(35)39-5)33-30(36)40-20-21-9-7-6-8-10-21/h6-17,19,27H,18,20H2,1-5H3,(H,33,36)/t27-/m1/s1. The highest BCUT2D eigenvalue weighted by Gasteiger charge is 2.27. The van der Waals surface area contributed by atoms with E-state index in [4.69, 9.17) is 18.9 Å². The van der Waals surface area contributed by atoms with Gasteiger partial charge in [-0.3, -0.25) is 4.57 Å². The number of carbonyl (C=O) groups is 3. The van der Waals surface area contributed by atoms with Crippen LogP contribution in [0.4, 0.5) is 9.59 Å². The lowest BCUT2D eigenvalue weighted by Crippen LogP contribution is -2.43. The molecule has 214 valence electrons. The molecule has 41 heavy (non-hydrogen) atoms. The average Bonchev–Trinajstić information content (AvgIpc) is 3.32. The van der Waals surface area contributed by atoms with Crippen molar-refractivity contribution in [2.24, 2.45) is 0 Å². The summed E-state index contributed by atoms with van der Waals surface area (Å²) < 4.78 is 22.6. The molecule has 0 aliphatic heterocycles. The molecule has 9 heteroatoms. The Morgan fingerprint density at radius 2 is 1.59 bits per heavy atom. The first-order chi connectivity index (χ1) is 19.6. The van der Waals surface area contributed by atoms with Crippen LogP contribution < -0.4 is 10.1 Å². The maximum absolute atomic E-state index is 13.1. The fourth-order valence-corrected chi connectivity index (χ4v) is 4.35. The van der Waals surface area contributed by atoms with E-state index in [1.165, 1.54) is 11.7 Å². The van der Waals surface area contributed by atoms with Crippen LogP contribution in [0.3, 0.4) is 0 Å². The van der Waals surface area contributed by atoms with Crippen LogP contribution in [0.15, 0.2) is 79.0 Å². The number of hydrogen-bond acceptors (Lipinski definition) is 7. The number of alkyl carbamates (subject to hydrolysis) is 1. The van der Waals surface area contributed by atoms with E-state index in [0.29, 0.717) is 11.1 Å². The number of fused-ring (bicyclic) bond motifs is 1. The predicted molar refractivity (Wildman–Crippen MR) is 155 cm³/mol. The van der Waals surface area contributed by atoms with Crippen LogP contribution in [0.25, 0.3) is 22.0 Å². The van der Waals surface area contributed by atoms with E-state index in [-0.39, 0.29) is 13.0 Å². The molecule has 0 aliphatic carbocycles. The van der Waals surface area contributed by atoms with Gasteiger partial charge in [0.05, 0.1) is 19.7 Å². The lowest BCUT2D eigenvalue weighted by Gasteiger charge is -2.19. The summed E-state index contributed by atoms with van der Waals surface area (Å²) in [6.07, 6.45) is 0.351. The largest absolute Gasteiger partial charge is 0.497 e. The van der Waals surface area contributed by atoms with Gasteiger partial charge in [0, 0.05) is 18.0 Å². The first-order valence-electron chi connectivity index (χ1n) is 13.1. The molecular formula is C32H34N2O7. The molecule has 0 fully saturated rings. The molecule has 3 aromatic carbocycles. The van der Waals surface area contributed by atoms with E-state index in [1.807, 2.05) is 72.8 Å². The van der Waals surface area contributed by atoms with Crippen molar-refractivity contribution >= 4 is 29.1 Å². The number of nitrogens with zero attached hydrogens (tertiary/aromatic N) is 1. The maximum atomic E-state index is 13.1. The summed E-state index contributed by atoms with van der Waals surface area (Å²) in [5.41, 5.74) is 3.17. The van der Waals surface area contributed by atoms with Crippen molar-refractivity contribution in [2.75, 3.05) is 14.2 Å². The highest BCUT2D eigenvalue weighted by atomic mass is 16.6. The number of carbonyl (C=O) groups excluding carboxylic acids is 3. The lowest BCUT2D eigenvalue weighted by atomic mass is 10.00. The van der Waals surface area contributed by atoms with Crippen molar-refractivity contribution in [1.29, 1.82) is 0 Å². The van der Waals surface area contributed by atoms with E-state index in [2.05, 4.69) is 5.32 Å². The van der Waals surface area contributed by atoms with Crippen LogP contribution in [0.2, 0.25) is 0 Å². The summed E-state index contributed by atoms with van der Waals surface area (Å²) in [6, 6.07) is 21.4. The monoisotopic (exact) mass is 558 g/mol. The van der Waals surface area contributed by atoms with Crippen molar-refractivity contribution in [3.8, 4) is 16.9 Å². The number of benzene rings is 3. The fourth-order valence-electron chi connectivity index (χ4n) is 4.35. The van der Waals surface area contributed by atoms with Gasteiger partial charge < -0.3 is 24.3 Å². The minimum atomic E-state index is -1.06. The van der Waals surface area contributed by atoms with Gasteiger partial charge in [-0.05, 0) is 67.3 Å². The van der Waals surface area contributed by atoms with Crippen LogP contribution in [0, 0.1) is 0 Å². The molecule has 0 radical (unpaired) electrons. The van der Waals surface area contributed by atoms with Gasteiger partial charge in [0.25, 0.3) is 0 Å². The summed E-state index contributed by atoms with van der Waals surface area (Å²) in [4.78, 5) is 38.5. The van der Waals surface area contributed by atoms with Crippen LogP contribution in [-0.2, 0) is 32.0 Å². The molecule has 1 aromatic heterocycles. The molecule has 1 atom stereocenters. The Labute approximate surface area is 239 Å². The number of methoxy groups -OCH3 is 2. The minimum Gasteiger partial charge on any atom is -0.497 e. The van der Waals surface area contributed by atoms with Gasteiger partial charge in [-0.1, -0.05) is 48.5 Å². The minimum absolute atomic E-state index is 0.0454. The zero-order valence-corrected chi connectivity index (χ0v) is 23.8. The molecule has 1 N–H and O–H groups in total. The Morgan fingerprint density at radius 3 is 2.22 bits per heavy atom. The van der Waals surface area contributed by atoms with Crippen molar-refractivity contribution in [1.82, 2.24) is 9.88 Å². The quantitative estimate of drug-likeness (QED) is 0.205. The van der Waals surface area contributed by atoms with Gasteiger partial charge in [-0.25, -0.2) is 14.4 Å². The van der Waals surface area contributed by atoms with E-state index in [0.717, 1.165) is 27.8 Å². The molecule has 0 saturated carbocycles. The normalized spacial score (nSPS) is 11.9. The smallest absolute Gasteiger partial charge is 0.419 e. The molecule has 1 heterocycles. The highest BCUT2D eigenvalue weighted by molar-refractivity contribution is 5.95. The zero-order valence-electron chi connectivity index (χ0n) is 23.8.